The topological polar surface area (TPSA) is 26.0 Å². The molecule has 0 atom stereocenters. The molecule has 2 aromatic rings. The minimum Gasteiger partial charge on any atom is -0.398 e. The van der Waals surface area contributed by atoms with Crippen molar-refractivity contribution in [3.63, 3.8) is 0 Å². The van der Waals surface area contributed by atoms with Crippen molar-refractivity contribution in [1.82, 2.24) is 0 Å². The van der Waals surface area contributed by atoms with Crippen LogP contribution < -0.4 is 5.73 Å². The zero-order chi connectivity index (χ0) is 8.72. The lowest BCUT2D eigenvalue weighted by Crippen LogP contribution is -1.83. The third kappa shape index (κ3) is 1.09. The minimum absolute atomic E-state index is 0.158. The van der Waals surface area contributed by atoms with Gasteiger partial charge in [-0.05, 0) is 28.7 Å². The zero-order valence-electron chi connectivity index (χ0n) is 5.97. The predicted molar refractivity (Wildman–Crippen MR) is 58.9 cm³/mol. The van der Waals surface area contributed by atoms with Crippen LogP contribution in [0.15, 0.2) is 17.5 Å². The number of rotatable bonds is 0. The van der Waals surface area contributed by atoms with Crippen molar-refractivity contribution in [2.24, 2.45) is 0 Å². The van der Waals surface area contributed by atoms with Gasteiger partial charge in [0.2, 0.25) is 0 Å². The molecule has 2 N–H and O–H groups in total. The van der Waals surface area contributed by atoms with Gasteiger partial charge in [0, 0.05) is 10.8 Å². The number of nitrogen functional groups attached to an aromatic ring is 1. The van der Waals surface area contributed by atoms with Gasteiger partial charge in [0.15, 0.2) is 5.82 Å². The molecule has 4 heteroatoms. The molecular formula is C8H5FINS. The Bertz CT molecular complexity index is 438. The van der Waals surface area contributed by atoms with Gasteiger partial charge in [-0.1, -0.05) is 6.07 Å². The summed E-state index contributed by atoms with van der Waals surface area (Å²) in [5, 5.41) is 2.59. The van der Waals surface area contributed by atoms with Crippen molar-refractivity contribution >= 4 is 49.7 Å². The summed E-state index contributed by atoms with van der Waals surface area (Å²) in [6, 6.07) is 3.59. The van der Waals surface area contributed by atoms with Gasteiger partial charge in [-0.3, -0.25) is 0 Å². The first kappa shape index (κ1) is 8.25. The summed E-state index contributed by atoms with van der Waals surface area (Å²) in [6.07, 6.45) is 0. The maximum absolute atomic E-state index is 13.4. The van der Waals surface area contributed by atoms with E-state index in [0.29, 0.717) is 14.0 Å². The van der Waals surface area contributed by atoms with Gasteiger partial charge in [-0.15, -0.1) is 11.3 Å². The van der Waals surface area contributed by atoms with Crippen LogP contribution in [0.5, 0.6) is 0 Å². The summed E-state index contributed by atoms with van der Waals surface area (Å²) in [6.45, 7) is 0. The minimum atomic E-state index is -0.158. The van der Waals surface area contributed by atoms with Crippen molar-refractivity contribution < 1.29 is 4.39 Å². The summed E-state index contributed by atoms with van der Waals surface area (Å²) in [4.78, 5) is 0. The van der Waals surface area contributed by atoms with Gasteiger partial charge in [0.1, 0.15) is 0 Å². The number of hydrogen-bond donors (Lipinski definition) is 1. The van der Waals surface area contributed by atoms with E-state index in [4.69, 9.17) is 5.73 Å². The number of anilines is 1. The van der Waals surface area contributed by atoms with Crippen LogP contribution in [0, 0.1) is 9.39 Å². The first-order chi connectivity index (χ1) is 5.70. The molecule has 0 aliphatic rings. The third-order valence-corrected chi connectivity index (χ3v) is 3.50. The van der Waals surface area contributed by atoms with E-state index < -0.39 is 0 Å². The number of benzene rings is 1. The van der Waals surface area contributed by atoms with Crippen molar-refractivity contribution in [2.45, 2.75) is 0 Å². The van der Waals surface area contributed by atoms with E-state index in [9.17, 15) is 4.39 Å². The van der Waals surface area contributed by atoms with Gasteiger partial charge in [-0.2, -0.15) is 0 Å². The fourth-order valence-corrected chi connectivity index (χ4v) is 2.59. The zero-order valence-corrected chi connectivity index (χ0v) is 8.95. The molecule has 0 saturated carbocycles. The molecule has 0 radical (unpaired) electrons. The standard InChI is InChI=1S/C8H5FINS/c9-7-5(10)2-1-4-6(11)3-12-8(4)7/h1-3H,11H2. The largest absolute Gasteiger partial charge is 0.398 e. The normalized spacial score (nSPS) is 10.8. The second-order valence-electron chi connectivity index (χ2n) is 2.43. The SMILES string of the molecule is Nc1csc2c(F)c(I)ccc12. The highest BCUT2D eigenvalue weighted by Crippen LogP contribution is 2.31. The number of nitrogens with two attached hydrogens (primary N) is 1. The molecule has 1 aromatic carbocycles. The quantitative estimate of drug-likeness (QED) is 0.741. The number of thiophene rings is 1. The first-order valence-corrected chi connectivity index (χ1v) is 5.26. The molecule has 1 heterocycles. The maximum Gasteiger partial charge on any atom is 0.154 e. The second kappa shape index (κ2) is 2.85. The molecule has 0 spiro atoms. The Labute approximate surface area is 86.5 Å². The van der Waals surface area contributed by atoms with Crippen molar-refractivity contribution in [2.75, 3.05) is 5.73 Å². The molecule has 0 aliphatic carbocycles. The van der Waals surface area contributed by atoms with Crippen LogP contribution in [0.25, 0.3) is 10.1 Å². The molecular weight excluding hydrogens is 288 g/mol. The van der Waals surface area contributed by atoms with E-state index in [1.165, 1.54) is 11.3 Å². The van der Waals surface area contributed by atoms with Crippen LogP contribution >= 0.6 is 33.9 Å². The molecule has 0 saturated heterocycles. The summed E-state index contributed by atoms with van der Waals surface area (Å²) in [7, 11) is 0. The molecule has 12 heavy (non-hydrogen) atoms. The Kier molecular flexibility index (Phi) is 1.96. The number of halogens is 2. The highest BCUT2D eigenvalue weighted by molar-refractivity contribution is 14.1. The van der Waals surface area contributed by atoms with Gasteiger partial charge < -0.3 is 5.73 Å². The van der Waals surface area contributed by atoms with E-state index in [-0.39, 0.29) is 5.82 Å². The van der Waals surface area contributed by atoms with Crippen LogP contribution in [-0.2, 0) is 0 Å². The van der Waals surface area contributed by atoms with E-state index in [1.54, 1.807) is 11.4 Å². The summed E-state index contributed by atoms with van der Waals surface area (Å²) >= 11 is 3.32. The van der Waals surface area contributed by atoms with E-state index in [1.807, 2.05) is 28.7 Å². The van der Waals surface area contributed by atoms with E-state index >= 15 is 0 Å². The van der Waals surface area contributed by atoms with Gasteiger partial charge in [-0.25, -0.2) is 4.39 Å². The summed E-state index contributed by atoms with van der Waals surface area (Å²) in [5.74, 6) is -0.158. The number of fused-ring (bicyclic) bond motifs is 1. The van der Waals surface area contributed by atoms with Gasteiger partial charge in [0.25, 0.3) is 0 Å². The lowest BCUT2D eigenvalue weighted by Gasteiger charge is -1.95. The molecule has 0 unspecified atom stereocenters. The van der Waals surface area contributed by atoms with Crippen molar-refractivity contribution in [1.29, 1.82) is 0 Å². The fraction of sp³-hybridized carbons (Fsp3) is 0. The third-order valence-electron chi connectivity index (χ3n) is 1.66. The Morgan fingerprint density at radius 1 is 1.42 bits per heavy atom. The molecule has 62 valence electrons. The molecule has 2 rings (SSSR count). The Morgan fingerprint density at radius 3 is 2.92 bits per heavy atom. The molecule has 1 aromatic heterocycles. The van der Waals surface area contributed by atoms with Crippen LogP contribution in [0.1, 0.15) is 0 Å². The molecule has 0 aliphatic heterocycles. The first-order valence-electron chi connectivity index (χ1n) is 3.31. The van der Waals surface area contributed by atoms with Crippen LogP contribution in [0.2, 0.25) is 0 Å². The second-order valence-corrected chi connectivity index (χ2v) is 4.47. The van der Waals surface area contributed by atoms with Gasteiger partial charge >= 0.3 is 0 Å². The Hall–Kier alpha value is -0.360. The fourth-order valence-electron chi connectivity index (χ4n) is 1.06. The molecule has 0 fully saturated rings. The molecule has 1 nitrogen and oxygen atoms in total. The molecule has 0 bridgehead atoms. The average molecular weight is 293 g/mol. The average Bonchev–Trinajstić information content (AvgIpc) is 2.41. The van der Waals surface area contributed by atoms with Crippen LogP contribution in [-0.4, -0.2) is 0 Å². The lowest BCUT2D eigenvalue weighted by atomic mass is 10.2. The monoisotopic (exact) mass is 293 g/mol. The van der Waals surface area contributed by atoms with Crippen LogP contribution in [0.3, 0.4) is 0 Å². The molecule has 0 amide bonds. The Morgan fingerprint density at radius 2 is 2.17 bits per heavy atom. The lowest BCUT2D eigenvalue weighted by molar-refractivity contribution is 0.634. The maximum atomic E-state index is 13.4. The van der Waals surface area contributed by atoms with Crippen molar-refractivity contribution in [3.8, 4) is 0 Å². The van der Waals surface area contributed by atoms with Crippen LogP contribution in [0.4, 0.5) is 10.1 Å². The van der Waals surface area contributed by atoms with Gasteiger partial charge in [0.05, 0.1) is 14.0 Å². The van der Waals surface area contributed by atoms with Crippen molar-refractivity contribution in [3.05, 3.63) is 26.9 Å². The smallest absolute Gasteiger partial charge is 0.154 e. The highest BCUT2D eigenvalue weighted by Gasteiger charge is 2.08. The van der Waals surface area contributed by atoms with E-state index in [0.717, 1.165) is 5.39 Å². The Balaban J connectivity index is 2.93. The highest BCUT2D eigenvalue weighted by atomic mass is 127. The summed E-state index contributed by atoms with van der Waals surface area (Å²) in [5.41, 5.74) is 6.29. The predicted octanol–water partition coefficient (Wildman–Crippen LogP) is 3.23. The number of hydrogen-bond acceptors (Lipinski definition) is 2. The summed E-state index contributed by atoms with van der Waals surface area (Å²) < 4.78 is 14.7. The van der Waals surface area contributed by atoms with E-state index in [2.05, 4.69) is 0 Å².